The first kappa shape index (κ1) is 9.62. The van der Waals surface area contributed by atoms with Crippen LogP contribution in [0.2, 0.25) is 0 Å². The van der Waals surface area contributed by atoms with Gasteiger partial charge < -0.3 is 5.32 Å². The van der Waals surface area contributed by atoms with Crippen molar-refractivity contribution in [1.82, 2.24) is 10.2 Å². The molecule has 0 aromatic carbocycles. The standard InChI is InChI=1S/C11H16N2O/c14-11-5-2-1-4-10(11)13-8-3-6-12-7-9-13/h1-2,4-5,10,12H,3,6-9H2. The van der Waals surface area contributed by atoms with Gasteiger partial charge in [0.25, 0.3) is 0 Å². The summed E-state index contributed by atoms with van der Waals surface area (Å²) in [6.45, 7) is 4.04. The van der Waals surface area contributed by atoms with Crippen LogP contribution in [0.1, 0.15) is 6.42 Å². The maximum Gasteiger partial charge on any atom is 0.176 e. The zero-order valence-electron chi connectivity index (χ0n) is 8.28. The number of rotatable bonds is 1. The van der Waals surface area contributed by atoms with E-state index in [9.17, 15) is 4.79 Å². The number of carbonyl (C=O) groups is 1. The van der Waals surface area contributed by atoms with Crippen LogP contribution in [0.5, 0.6) is 0 Å². The van der Waals surface area contributed by atoms with E-state index in [1.807, 2.05) is 18.2 Å². The highest BCUT2D eigenvalue weighted by Crippen LogP contribution is 2.09. The SMILES string of the molecule is O=C1C=CC=CC1N1CCCNCC1. The van der Waals surface area contributed by atoms with Crippen molar-refractivity contribution in [3.05, 3.63) is 24.3 Å². The number of nitrogens with one attached hydrogen (secondary N) is 1. The van der Waals surface area contributed by atoms with E-state index in [1.54, 1.807) is 6.08 Å². The summed E-state index contributed by atoms with van der Waals surface area (Å²) >= 11 is 0. The lowest BCUT2D eigenvalue weighted by molar-refractivity contribution is -0.118. The molecule has 76 valence electrons. The molecule has 0 aromatic rings. The number of hydrogen-bond donors (Lipinski definition) is 1. The quantitative estimate of drug-likeness (QED) is 0.650. The molecular formula is C11H16N2O. The van der Waals surface area contributed by atoms with Gasteiger partial charge in [0.2, 0.25) is 0 Å². The molecule has 0 amide bonds. The first-order valence-corrected chi connectivity index (χ1v) is 5.21. The highest BCUT2D eigenvalue weighted by Gasteiger charge is 2.23. The fraction of sp³-hybridized carbons (Fsp3) is 0.545. The monoisotopic (exact) mass is 192 g/mol. The Kier molecular flexibility index (Phi) is 3.11. The maximum absolute atomic E-state index is 11.6. The van der Waals surface area contributed by atoms with Gasteiger partial charge in [-0.3, -0.25) is 9.69 Å². The molecule has 3 nitrogen and oxygen atoms in total. The van der Waals surface area contributed by atoms with Crippen LogP contribution < -0.4 is 5.32 Å². The minimum atomic E-state index is -0.0140. The fourth-order valence-electron chi connectivity index (χ4n) is 1.96. The smallest absolute Gasteiger partial charge is 0.176 e. The van der Waals surface area contributed by atoms with Crippen LogP contribution in [-0.4, -0.2) is 42.9 Å². The van der Waals surface area contributed by atoms with Gasteiger partial charge in [0.1, 0.15) is 0 Å². The van der Waals surface area contributed by atoms with Crippen LogP contribution in [0.4, 0.5) is 0 Å². The minimum Gasteiger partial charge on any atom is -0.315 e. The van der Waals surface area contributed by atoms with Crippen LogP contribution in [-0.2, 0) is 4.79 Å². The summed E-state index contributed by atoms with van der Waals surface area (Å²) in [7, 11) is 0. The first-order chi connectivity index (χ1) is 6.88. The molecule has 2 aliphatic rings. The molecule has 1 atom stereocenters. The van der Waals surface area contributed by atoms with Gasteiger partial charge in [-0.05, 0) is 19.0 Å². The molecule has 1 aliphatic heterocycles. The van der Waals surface area contributed by atoms with Gasteiger partial charge >= 0.3 is 0 Å². The van der Waals surface area contributed by atoms with Crippen molar-refractivity contribution in [3.63, 3.8) is 0 Å². The highest BCUT2D eigenvalue weighted by molar-refractivity contribution is 5.97. The molecule has 1 fully saturated rings. The zero-order chi connectivity index (χ0) is 9.80. The average molecular weight is 192 g/mol. The summed E-state index contributed by atoms with van der Waals surface area (Å²) in [6, 6.07) is -0.0140. The Labute approximate surface area is 84.5 Å². The van der Waals surface area contributed by atoms with Gasteiger partial charge in [-0.15, -0.1) is 0 Å². The summed E-state index contributed by atoms with van der Waals surface area (Å²) in [5, 5.41) is 3.34. The van der Waals surface area contributed by atoms with E-state index < -0.39 is 0 Å². The van der Waals surface area contributed by atoms with E-state index in [-0.39, 0.29) is 11.8 Å². The molecule has 0 spiro atoms. The molecule has 0 radical (unpaired) electrons. The number of hydrogen-bond acceptors (Lipinski definition) is 3. The van der Waals surface area contributed by atoms with E-state index in [2.05, 4.69) is 10.2 Å². The average Bonchev–Trinajstić information content (AvgIpc) is 2.47. The fourth-order valence-corrected chi connectivity index (χ4v) is 1.96. The van der Waals surface area contributed by atoms with Gasteiger partial charge in [0.15, 0.2) is 5.78 Å². The minimum absolute atomic E-state index is 0.0140. The Morgan fingerprint density at radius 2 is 2.21 bits per heavy atom. The van der Waals surface area contributed by atoms with Gasteiger partial charge in [-0.1, -0.05) is 18.2 Å². The molecule has 0 saturated carbocycles. The second kappa shape index (κ2) is 4.53. The summed E-state index contributed by atoms with van der Waals surface area (Å²) < 4.78 is 0. The number of nitrogens with zero attached hydrogens (tertiary/aromatic N) is 1. The van der Waals surface area contributed by atoms with Crippen molar-refractivity contribution < 1.29 is 4.79 Å². The van der Waals surface area contributed by atoms with Gasteiger partial charge in [-0.2, -0.15) is 0 Å². The third-order valence-electron chi connectivity index (χ3n) is 2.72. The molecule has 1 heterocycles. The number of allylic oxidation sites excluding steroid dienone is 2. The Morgan fingerprint density at radius 3 is 3.07 bits per heavy atom. The van der Waals surface area contributed by atoms with Crippen LogP contribution >= 0.6 is 0 Å². The Bertz CT molecular complexity index is 262. The summed E-state index contributed by atoms with van der Waals surface area (Å²) in [5.74, 6) is 0.217. The predicted molar refractivity (Wildman–Crippen MR) is 56.1 cm³/mol. The lowest BCUT2D eigenvalue weighted by Crippen LogP contribution is -2.41. The van der Waals surface area contributed by atoms with E-state index in [0.717, 1.165) is 32.6 Å². The summed E-state index contributed by atoms with van der Waals surface area (Å²) in [6.07, 6.45) is 8.57. The van der Waals surface area contributed by atoms with Gasteiger partial charge in [0, 0.05) is 19.6 Å². The van der Waals surface area contributed by atoms with Crippen molar-refractivity contribution in [2.45, 2.75) is 12.5 Å². The molecule has 3 heteroatoms. The molecule has 1 unspecified atom stereocenters. The molecule has 0 aromatic heterocycles. The Hall–Kier alpha value is -0.930. The largest absolute Gasteiger partial charge is 0.315 e. The Morgan fingerprint density at radius 1 is 1.29 bits per heavy atom. The summed E-state index contributed by atoms with van der Waals surface area (Å²) in [5.41, 5.74) is 0. The Balaban J connectivity index is 2.02. The van der Waals surface area contributed by atoms with Crippen LogP contribution in [0.25, 0.3) is 0 Å². The van der Waals surface area contributed by atoms with E-state index in [4.69, 9.17) is 0 Å². The van der Waals surface area contributed by atoms with E-state index in [0.29, 0.717) is 0 Å². The lowest BCUT2D eigenvalue weighted by Gasteiger charge is -2.26. The molecule has 2 rings (SSSR count). The summed E-state index contributed by atoms with van der Waals surface area (Å²) in [4.78, 5) is 13.9. The normalized spacial score (nSPS) is 29.1. The lowest BCUT2D eigenvalue weighted by atomic mass is 10.1. The van der Waals surface area contributed by atoms with Crippen LogP contribution in [0, 0.1) is 0 Å². The third-order valence-corrected chi connectivity index (χ3v) is 2.72. The van der Waals surface area contributed by atoms with Crippen LogP contribution in [0.3, 0.4) is 0 Å². The zero-order valence-corrected chi connectivity index (χ0v) is 8.28. The first-order valence-electron chi connectivity index (χ1n) is 5.21. The van der Waals surface area contributed by atoms with Crippen molar-refractivity contribution in [1.29, 1.82) is 0 Å². The topological polar surface area (TPSA) is 32.3 Å². The van der Waals surface area contributed by atoms with Gasteiger partial charge in [-0.25, -0.2) is 0 Å². The van der Waals surface area contributed by atoms with Crippen molar-refractivity contribution in [3.8, 4) is 0 Å². The maximum atomic E-state index is 11.6. The second-order valence-corrected chi connectivity index (χ2v) is 3.73. The van der Waals surface area contributed by atoms with E-state index in [1.165, 1.54) is 0 Å². The molecule has 1 saturated heterocycles. The second-order valence-electron chi connectivity index (χ2n) is 3.73. The van der Waals surface area contributed by atoms with E-state index >= 15 is 0 Å². The van der Waals surface area contributed by atoms with Crippen LogP contribution in [0.15, 0.2) is 24.3 Å². The molecule has 1 aliphatic carbocycles. The molecule has 0 bridgehead atoms. The molecule has 1 N–H and O–H groups in total. The molecular weight excluding hydrogens is 176 g/mol. The third kappa shape index (κ3) is 2.11. The van der Waals surface area contributed by atoms with Crippen molar-refractivity contribution >= 4 is 5.78 Å². The highest BCUT2D eigenvalue weighted by atomic mass is 16.1. The number of ketones is 1. The van der Waals surface area contributed by atoms with Gasteiger partial charge in [0.05, 0.1) is 6.04 Å². The number of carbonyl (C=O) groups excluding carboxylic acids is 1. The van der Waals surface area contributed by atoms with Crippen molar-refractivity contribution in [2.24, 2.45) is 0 Å². The van der Waals surface area contributed by atoms with Crippen molar-refractivity contribution in [2.75, 3.05) is 26.2 Å². The predicted octanol–water partition coefficient (Wildman–Crippen LogP) is 0.345. The molecule has 14 heavy (non-hydrogen) atoms.